The predicted molar refractivity (Wildman–Crippen MR) is 106 cm³/mol. The molecule has 1 heterocycles. The van der Waals surface area contributed by atoms with Crippen LogP contribution in [0.2, 0.25) is 16.6 Å². The maximum atomic E-state index is 12.2. The maximum Gasteiger partial charge on any atom is 0.339 e. The first-order valence-corrected chi connectivity index (χ1v) is 11.7. The number of cyclic esters (lactones) is 1. The fraction of sp³-hybridized carbons (Fsp3) is 0.550. The molecule has 0 saturated heterocycles. The third-order valence-electron chi connectivity index (χ3n) is 5.26. The number of hydrogen-bond acceptors (Lipinski definition) is 2. The van der Waals surface area contributed by atoms with Gasteiger partial charge in [0.25, 0.3) is 0 Å². The van der Waals surface area contributed by atoms with Crippen LogP contribution >= 0.6 is 15.9 Å². The molecule has 1 aliphatic heterocycles. The van der Waals surface area contributed by atoms with E-state index in [1.54, 1.807) is 0 Å². The first-order chi connectivity index (χ1) is 11.2. The Labute approximate surface area is 155 Å². The van der Waals surface area contributed by atoms with Crippen LogP contribution in [-0.2, 0) is 11.2 Å². The molecule has 130 valence electrons. The van der Waals surface area contributed by atoms with Crippen molar-refractivity contribution < 1.29 is 9.53 Å². The van der Waals surface area contributed by atoms with Gasteiger partial charge < -0.3 is 4.74 Å². The predicted octanol–water partition coefficient (Wildman–Crippen LogP) is 5.75. The molecule has 0 radical (unpaired) electrons. The van der Waals surface area contributed by atoms with Crippen molar-refractivity contribution in [2.45, 2.75) is 70.7 Å². The topological polar surface area (TPSA) is 26.3 Å². The van der Waals surface area contributed by atoms with Crippen LogP contribution in [0.5, 0.6) is 0 Å². The van der Waals surface area contributed by atoms with Crippen molar-refractivity contribution in [3.05, 3.63) is 33.8 Å². The van der Waals surface area contributed by atoms with Gasteiger partial charge in [-0.2, -0.15) is 0 Å². The van der Waals surface area contributed by atoms with E-state index in [2.05, 4.69) is 68.9 Å². The van der Waals surface area contributed by atoms with Gasteiger partial charge in [-0.15, -0.1) is 5.54 Å². The van der Waals surface area contributed by atoms with E-state index in [1.165, 1.54) is 0 Å². The Morgan fingerprint density at radius 2 is 1.71 bits per heavy atom. The lowest BCUT2D eigenvalue weighted by Gasteiger charge is -2.38. The Kier molecular flexibility index (Phi) is 5.98. The van der Waals surface area contributed by atoms with E-state index in [0.717, 1.165) is 10.0 Å². The molecule has 0 aliphatic carbocycles. The summed E-state index contributed by atoms with van der Waals surface area (Å²) in [6, 6.07) is 5.70. The van der Waals surface area contributed by atoms with Gasteiger partial charge in [0.05, 0.1) is 5.56 Å². The van der Waals surface area contributed by atoms with Crippen LogP contribution in [0.3, 0.4) is 0 Å². The van der Waals surface area contributed by atoms with Crippen LogP contribution < -0.4 is 0 Å². The first kappa shape index (κ1) is 19.3. The normalized spacial score (nSPS) is 17.6. The number of carbonyl (C=O) groups excluding carboxylic acids is 1. The molecular weight excluding hydrogens is 380 g/mol. The van der Waals surface area contributed by atoms with Crippen LogP contribution in [0.25, 0.3) is 0 Å². The highest BCUT2D eigenvalue weighted by molar-refractivity contribution is 9.10. The van der Waals surface area contributed by atoms with Gasteiger partial charge >= 0.3 is 5.97 Å². The summed E-state index contributed by atoms with van der Waals surface area (Å²) in [6.45, 7) is 13.8. The van der Waals surface area contributed by atoms with Crippen molar-refractivity contribution >= 4 is 30.0 Å². The summed E-state index contributed by atoms with van der Waals surface area (Å²) in [6.07, 6.45) is 0.342. The van der Waals surface area contributed by atoms with Crippen LogP contribution in [-0.4, -0.2) is 20.1 Å². The zero-order chi connectivity index (χ0) is 18.1. The van der Waals surface area contributed by atoms with Crippen molar-refractivity contribution in [2.75, 3.05) is 0 Å². The molecule has 1 aromatic carbocycles. The van der Waals surface area contributed by atoms with Gasteiger partial charge in [-0.25, -0.2) is 4.79 Å². The van der Waals surface area contributed by atoms with Crippen molar-refractivity contribution in [3.8, 4) is 11.5 Å². The molecule has 2 nitrogen and oxygen atoms in total. The summed E-state index contributed by atoms with van der Waals surface area (Å²) in [7, 11) is -1.80. The molecule has 1 aromatic rings. The Bertz CT molecular complexity index is 661. The Balaban J connectivity index is 2.35. The second-order valence-electron chi connectivity index (χ2n) is 7.57. The molecule has 0 spiro atoms. The average molecular weight is 407 g/mol. The smallest absolute Gasteiger partial charge is 0.339 e. The standard InChI is InChI=1S/C20H27BrO2Si/c1-13(2)24(14(3)4,15(5)6)10-9-18-12-16-11-17(21)7-8-19(16)20(22)23-18/h7-8,11,13-15,18H,12H2,1-6H3. The molecule has 24 heavy (non-hydrogen) atoms. The molecule has 0 saturated carbocycles. The number of benzene rings is 1. The first-order valence-electron chi connectivity index (χ1n) is 8.70. The fourth-order valence-corrected chi connectivity index (χ4v) is 9.77. The average Bonchev–Trinajstić information content (AvgIpc) is 2.46. The lowest BCUT2D eigenvalue weighted by atomic mass is 9.99. The third kappa shape index (κ3) is 3.63. The summed E-state index contributed by atoms with van der Waals surface area (Å²) >= 11 is 3.48. The van der Waals surface area contributed by atoms with Crippen LogP contribution in [0.4, 0.5) is 0 Å². The SMILES string of the molecule is CC(C)[Si](C#CC1Cc2cc(Br)ccc2C(=O)O1)(C(C)C)C(C)C. The molecule has 1 unspecified atom stereocenters. The number of halogens is 1. The van der Waals surface area contributed by atoms with E-state index in [9.17, 15) is 4.79 Å². The Hall–Kier alpha value is -1.05. The summed E-state index contributed by atoms with van der Waals surface area (Å²) in [5.41, 5.74) is 7.07. The number of ether oxygens (including phenoxy) is 1. The van der Waals surface area contributed by atoms with Gasteiger partial charge in [0.15, 0.2) is 6.10 Å². The van der Waals surface area contributed by atoms with Crippen molar-refractivity contribution in [1.82, 2.24) is 0 Å². The highest BCUT2D eigenvalue weighted by Gasteiger charge is 2.42. The molecule has 2 rings (SSSR count). The monoisotopic (exact) mass is 406 g/mol. The minimum absolute atomic E-state index is 0.256. The second-order valence-corrected chi connectivity index (χ2v) is 14.1. The van der Waals surface area contributed by atoms with E-state index in [0.29, 0.717) is 28.6 Å². The zero-order valence-corrected chi connectivity index (χ0v) is 18.0. The number of esters is 1. The molecule has 0 aromatic heterocycles. The van der Waals surface area contributed by atoms with Gasteiger partial charge in [0.2, 0.25) is 0 Å². The lowest BCUT2D eigenvalue weighted by Crippen LogP contribution is -2.43. The molecule has 1 aliphatic rings. The van der Waals surface area contributed by atoms with Crippen molar-refractivity contribution in [3.63, 3.8) is 0 Å². The largest absolute Gasteiger partial charge is 0.445 e. The highest BCUT2D eigenvalue weighted by atomic mass is 79.9. The minimum Gasteiger partial charge on any atom is -0.445 e. The lowest BCUT2D eigenvalue weighted by molar-refractivity contribution is 0.0374. The molecule has 4 heteroatoms. The highest BCUT2D eigenvalue weighted by Crippen LogP contribution is 2.40. The van der Waals surface area contributed by atoms with Crippen molar-refractivity contribution in [2.24, 2.45) is 0 Å². The fourth-order valence-electron chi connectivity index (χ4n) is 4.08. The Morgan fingerprint density at radius 1 is 1.12 bits per heavy atom. The zero-order valence-electron chi connectivity index (χ0n) is 15.4. The number of hydrogen-bond donors (Lipinski definition) is 0. The minimum atomic E-state index is -1.80. The summed E-state index contributed by atoms with van der Waals surface area (Å²) in [4.78, 5) is 12.2. The second kappa shape index (κ2) is 7.45. The van der Waals surface area contributed by atoms with Crippen molar-refractivity contribution in [1.29, 1.82) is 0 Å². The number of carbonyl (C=O) groups is 1. The maximum absolute atomic E-state index is 12.2. The molecule has 1 atom stereocenters. The molecule has 0 N–H and O–H groups in total. The summed E-state index contributed by atoms with van der Waals surface area (Å²) in [5.74, 6) is 3.10. The Morgan fingerprint density at radius 3 is 2.25 bits per heavy atom. The van der Waals surface area contributed by atoms with E-state index < -0.39 is 8.07 Å². The van der Waals surface area contributed by atoms with E-state index in [-0.39, 0.29) is 12.1 Å². The molecule has 0 amide bonds. The van der Waals surface area contributed by atoms with Gasteiger partial charge in [-0.3, -0.25) is 0 Å². The quantitative estimate of drug-likeness (QED) is 0.362. The third-order valence-corrected chi connectivity index (χ3v) is 12.1. The van der Waals surface area contributed by atoms with Gasteiger partial charge in [-0.1, -0.05) is 63.4 Å². The van der Waals surface area contributed by atoms with Gasteiger partial charge in [0.1, 0.15) is 8.07 Å². The molecular formula is C20H27BrO2Si. The van der Waals surface area contributed by atoms with E-state index >= 15 is 0 Å². The van der Waals surface area contributed by atoms with Crippen LogP contribution in [0.15, 0.2) is 22.7 Å². The van der Waals surface area contributed by atoms with Gasteiger partial charge in [0, 0.05) is 10.9 Å². The number of rotatable bonds is 3. The van der Waals surface area contributed by atoms with E-state index in [4.69, 9.17) is 4.74 Å². The number of fused-ring (bicyclic) bond motifs is 1. The van der Waals surface area contributed by atoms with Crippen LogP contribution in [0.1, 0.15) is 57.5 Å². The molecule has 0 fully saturated rings. The van der Waals surface area contributed by atoms with Crippen LogP contribution in [0, 0.1) is 11.5 Å². The van der Waals surface area contributed by atoms with Gasteiger partial charge in [-0.05, 0) is 40.4 Å². The summed E-state index contributed by atoms with van der Waals surface area (Å²) in [5, 5.41) is 0. The van der Waals surface area contributed by atoms with E-state index in [1.807, 2.05) is 18.2 Å². The molecule has 0 bridgehead atoms. The summed E-state index contributed by atoms with van der Waals surface area (Å²) < 4.78 is 6.57.